The number of fused-ring (bicyclic) bond motifs is 3. The van der Waals surface area contributed by atoms with Gasteiger partial charge in [0.05, 0.1) is 0 Å². The number of halogens is 4. The first-order valence-electron chi connectivity index (χ1n) is 17.6. The Bertz CT molecular complexity index is 1870. The molecule has 0 aromatic heterocycles. The van der Waals surface area contributed by atoms with E-state index < -0.39 is 0 Å². The SMILES string of the molecule is Brc1ccc([C](=[Hf+2])c2ccc(Br)cc2)cc1.CC(C)(C)c1cc2[cH-]c3cc(C(C)(C)C)c(C(C)(C)C)cc3c2cc1C(C)(C)C.[C-]1=CC=CC1.[Cl-].[Cl-]. The molecule has 0 radical (unpaired) electrons. The molecule has 0 saturated heterocycles. The van der Waals surface area contributed by atoms with Gasteiger partial charge in [0.15, 0.2) is 0 Å². The molecular formula is C47H54Br2Cl2Hf-2. The molecule has 0 heterocycles. The number of rotatable bonds is 2. The minimum atomic E-state index is 0. The third-order valence-corrected chi connectivity index (χ3v) is 12.2. The Hall–Kier alpha value is -1.49. The van der Waals surface area contributed by atoms with Crippen LogP contribution in [0.4, 0.5) is 0 Å². The van der Waals surface area contributed by atoms with Crippen molar-refractivity contribution in [2.75, 3.05) is 0 Å². The first kappa shape index (κ1) is 46.7. The van der Waals surface area contributed by atoms with Crippen LogP contribution in [0.5, 0.6) is 0 Å². The van der Waals surface area contributed by atoms with Crippen LogP contribution in [-0.4, -0.2) is 3.26 Å². The average molecular weight is 1030 g/mol. The molecule has 5 aromatic rings. The summed E-state index contributed by atoms with van der Waals surface area (Å²) in [5.41, 5.74) is 9.04. The van der Waals surface area contributed by atoms with Crippen molar-refractivity contribution in [2.45, 2.75) is 111 Å². The summed E-state index contributed by atoms with van der Waals surface area (Å²) in [6.45, 7) is 28.0. The van der Waals surface area contributed by atoms with E-state index in [2.05, 4.69) is 206 Å². The molecule has 5 heteroatoms. The first-order chi connectivity index (χ1) is 23.1. The summed E-state index contributed by atoms with van der Waals surface area (Å²) >= 11 is 7.96. The van der Waals surface area contributed by atoms with Crippen molar-refractivity contribution >= 4 is 56.7 Å². The fraction of sp³-hybridized carbons (Fsp3) is 0.362. The Morgan fingerprint density at radius 2 is 0.885 bits per heavy atom. The van der Waals surface area contributed by atoms with Gasteiger partial charge < -0.3 is 24.8 Å². The maximum absolute atomic E-state index is 3.46. The molecule has 6 rings (SSSR count). The minimum absolute atomic E-state index is 0. The van der Waals surface area contributed by atoms with Crippen molar-refractivity contribution in [1.29, 1.82) is 0 Å². The van der Waals surface area contributed by atoms with Gasteiger partial charge in [-0.15, -0.1) is 46.2 Å². The van der Waals surface area contributed by atoms with Crippen molar-refractivity contribution in [3.8, 4) is 0 Å². The molecule has 0 atom stereocenters. The van der Waals surface area contributed by atoms with Gasteiger partial charge in [0, 0.05) is 0 Å². The van der Waals surface area contributed by atoms with E-state index in [0.717, 1.165) is 39.3 Å². The number of allylic oxidation sites excluding steroid dienone is 4. The van der Waals surface area contributed by atoms with Gasteiger partial charge in [-0.1, -0.05) is 117 Å². The van der Waals surface area contributed by atoms with Gasteiger partial charge in [0.25, 0.3) is 0 Å². The normalized spacial score (nSPS) is 12.8. The van der Waals surface area contributed by atoms with Gasteiger partial charge in [-0.2, -0.15) is 6.08 Å². The smallest absolute Gasteiger partial charge is 0.0142 e. The summed E-state index contributed by atoms with van der Waals surface area (Å²) in [5.74, 6) is 0. The van der Waals surface area contributed by atoms with Gasteiger partial charge >= 0.3 is 128 Å². The molecule has 0 fully saturated rings. The zero-order valence-electron chi connectivity index (χ0n) is 33.0. The molecule has 0 saturated carbocycles. The quantitative estimate of drug-likeness (QED) is 0.123. The standard InChI is InChI=1S/C29H41.C13H8Br2.C5H5.2ClH.Hf/c1-26(2,3)22-14-18-13-19-15-23(27(4,5)6)25(29(10,11)12)17-21(19)20(18)16-24(22)28(7,8)9;14-12-5-1-10(2-6-12)9-11-3-7-13(15)8-4-11;1-2-4-5-3-1;;;/h13-17H,1-12H3;1-8H;1-3H,4H2;2*1H;/q-1;;-1;;;+2/p-2. The summed E-state index contributed by atoms with van der Waals surface area (Å²) in [6, 6.07) is 29.3. The van der Waals surface area contributed by atoms with E-state index >= 15 is 0 Å². The summed E-state index contributed by atoms with van der Waals surface area (Å²) in [4.78, 5) is 0. The second kappa shape index (κ2) is 18.4. The minimum Gasteiger partial charge on any atom is -1.00 e. The first-order valence-corrected chi connectivity index (χ1v) is 21.0. The number of hydrogen-bond acceptors (Lipinski definition) is 0. The van der Waals surface area contributed by atoms with Crippen LogP contribution >= 0.6 is 31.9 Å². The molecule has 0 nitrogen and oxygen atoms in total. The predicted molar refractivity (Wildman–Crippen MR) is 225 cm³/mol. The van der Waals surface area contributed by atoms with E-state index in [0.29, 0.717) is 0 Å². The van der Waals surface area contributed by atoms with Crippen LogP contribution in [0, 0.1) is 6.08 Å². The van der Waals surface area contributed by atoms with Gasteiger partial charge in [-0.3, -0.25) is 6.08 Å². The van der Waals surface area contributed by atoms with Gasteiger partial charge in [-0.05, 0) is 21.7 Å². The summed E-state index contributed by atoms with van der Waals surface area (Å²) < 4.78 is 3.68. The summed E-state index contributed by atoms with van der Waals surface area (Å²) in [5, 5.41) is 5.57. The Balaban J connectivity index is 0.000000340. The van der Waals surface area contributed by atoms with Crippen LogP contribution in [-0.2, 0) is 45.6 Å². The molecule has 0 aliphatic heterocycles. The second-order valence-electron chi connectivity index (χ2n) is 17.5. The van der Waals surface area contributed by atoms with Gasteiger partial charge in [0.2, 0.25) is 0 Å². The number of hydrogen-bond donors (Lipinski definition) is 0. The van der Waals surface area contributed by atoms with Crippen molar-refractivity contribution in [3.63, 3.8) is 0 Å². The maximum Gasteiger partial charge on any atom is -0.0142 e. The molecule has 0 bridgehead atoms. The van der Waals surface area contributed by atoms with Crippen LogP contribution in [0.1, 0.15) is 123 Å². The van der Waals surface area contributed by atoms with Crippen molar-refractivity contribution < 1.29 is 48.7 Å². The Labute approximate surface area is 358 Å². The molecular weight excluding hydrogens is 974 g/mol. The van der Waals surface area contributed by atoms with Crippen LogP contribution in [0.3, 0.4) is 0 Å². The monoisotopic (exact) mass is 1030 g/mol. The molecule has 0 spiro atoms. The largest absolute Gasteiger partial charge is 1.00 e. The Morgan fingerprint density at radius 3 is 1.13 bits per heavy atom. The fourth-order valence-electron chi connectivity index (χ4n) is 6.33. The molecule has 0 amide bonds. The molecule has 5 aromatic carbocycles. The Kier molecular flexibility index (Phi) is 16.5. The van der Waals surface area contributed by atoms with Gasteiger partial charge in [-0.25, -0.2) is 12.2 Å². The van der Waals surface area contributed by atoms with Gasteiger partial charge in [0.1, 0.15) is 0 Å². The third-order valence-electron chi connectivity index (χ3n) is 9.06. The second-order valence-corrected chi connectivity index (χ2v) is 21.1. The van der Waals surface area contributed by atoms with E-state index in [-0.39, 0.29) is 46.5 Å². The van der Waals surface area contributed by atoms with E-state index in [4.69, 9.17) is 0 Å². The van der Waals surface area contributed by atoms with E-state index in [1.54, 1.807) is 0 Å². The molecule has 276 valence electrons. The molecule has 0 N–H and O–H groups in total. The van der Waals surface area contributed by atoms with E-state index in [9.17, 15) is 0 Å². The number of benzene rings is 4. The van der Waals surface area contributed by atoms with E-state index in [1.165, 1.54) is 58.2 Å². The predicted octanol–water partition coefficient (Wildman–Crippen LogP) is 8.54. The molecule has 1 aliphatic rings. The van der Waals surface area contributed by atoms with Crippen molar-refractivity contribution in [3.05, 3.63) is 145 Å². The maximum atomic E-state index is 3.46. The molecule has 0 unspecified atom stereocenters. The van der Waals surface area contributed by atoms with Crippen LogP contribution < -0.4 is 24.8 Å². The summed E-state index contributed by atoms with van der Waals surface area (Å²) in [7, 11) is 0. The zero-order chi connectivity index (χ0) is 37.2. The zero-order valence-corrected chi connectivity index (χ0v) is 41.2. The fourth-order valence-corrected chi connectivity index (χ4v) is 8.05. The van der Waals surface area contributed by atoms with Crippen LogP contribution in [0.15, 0.2) is 106 Å². The van der Waals surface area contributed by atoms with Crippen molar-refractivity contribution in [1.82, 2.24) is 0 Å². The average Bonchev–Trinajstić information content (AvgIpc) is 3.71. The topological polar surface area (TPSA) is 0 Å². The van der Waals surface area contributed by atoms with Crippen LogP contribution in [0.25, 0.3) is 21.5 Å². The van der Waals surface area contributed by atoms with Crippen molar-refractivity contribution in [2.24, 2.45) is 0 Å². The Morgan fingerprint density at radius 1 is 0.558 bits per heavy atom. The summed E-state index contributed by atoms with van der Waals surface area (Å²) in [6.07, 6.45) is 10.0. The van der Waals surface area contributed by atoms with Crippen LogP contribution in [0.2, 0.25) is 0 Å². The van der Waals surface area contributed by atoms with E-state index in [1.807, 2.05) is 12.2 Å². The molecule has 1 aliphatic carbocycles. The third kappa shape index (κ3) is 12.0. The molecule has 52 heavy (non-hydrogen) atoms.